The van der Waals surface area contributed by atoms with Crippen molar-refractivity contribution in [1.29, 1.82) is 0 Å². The maximum Gasteiger partial charge on any atom is 0.181 e. The van der Waals surface area contributed by atoms with E-state index in [2.05, 4.69) is 264 Å². The van der Waals surface area contributed by atoms with Gasteiger partial charge in [0.25, 0.3) is 0 Å². The van der Waals surface area contributed by atoms with Crippen molar-refractivity contribution in [2.24, 2.45) is 0 Å². The molecule has 0 radical (unpaired) electrons. The molecule has 0 amide bonds. The number of nitrogens with zero attached hydrogens (tertiary/aromatic N) is 2. The van der Waals surface area contributed by atoms with E-state index >= 15 is 0 Å². The van der Waals surface area contributed by atoms with Gasteiger partial charge in [-0.3, -0.25) is 0 Å². The van der Waals surface area contributed by atoms with Crippen LogP contribution in [0.1, 0.15) is 0 Å². The van der Waals surface area contributed by atoms with Gasteiger partial charge in [0.1, 0.15) is 0 Å². The van der Waals surface area contributed by atoms with Gasteiger partial charge in [0.15, 0.2) is 8.07 Å². The van der Waals surface area contributed by atoms with Crippen LogP contribution in [0, 0.1) is 0 Å². The van der Waals surface area contributed by atoms with Crippen molar-refractivity contribution in [1.82, 2.24) is 9.13 Å². The Hall–Kier alpha value is -7.98. The molecule has 0 spiro atoms. The number of para-hydroxylation sites is 3. The van der Waals surface area contributed by atoms with Gasteiger partial charge in [0.05, 0.1) is 33.4 Å². The Labute approximate surface area is 368 Å². The molecule has 10 aromatic carbocycles. The normalized spacial score (nSPS) is 11.8. The molecule has 0 fully saturated rings. The van der Waals surface area contributed by atoms with Gasteiger partial charge in [-0.15, -0.1) is 0 Å². The zero-order chi connectivity index (χ0) is 41.7. The SMILES string of the molecule is c1ccc(-c2ccc3c4c(-n5c6ccccc6c6cccc([Si](c7ccccc7)(c7ccccc7)c7ccccc7)c65)cccc4n(-c4ccccc4-c4ccccc4)c3c2)cc1. The van der Waals surface area contributed by atoms with E-state index in [0.717, 1.165) is 16.9 Å². The molecule has 2 nitrogen and oxygen atoms in total. The van der Waals surface area contributed by atoms with E-state index in [0.29, 0.717) is 0 Å². The Morgan fingerprint density at radius 3 is 1.46 bits per heavy atom. The molecular formula is C60H42N2Si. The van der Waals surface area contributed by atoms with Crippen LogP contribution in [0.25, 0.3) is 77.2 Å². The lowest BCUT2D eigenvalue weighted by atomic mass is 10.0. The molecule has 0 N–H and O–H groups in total. The van der Waals surface area contributed by atoms with Crippen LogP contribution in [0.5, 0.6) is 0 Å². The summed E-state index contributed by atoms with van der Waals surface area (Å²) in [6, 6.07) is 94.3. The van der Waals surface area contributed by atoms with Crippen LogP contribution in [-0.2, 0) is 0 Å². The second-order valence-electron chi connectivity index (χ2n) is 16.4. The van der Waals surface area contributed by atoms with E-state index in [1.807, 2.05) is 0 Å². The molecule has 63 heavy (non-hydrogen) atoms. The summed E-state index contributed by atoms with van der Waals surface area (Å²) in [5.41, 5.74) is 11.9. The first-order valence-corrected chi connectivity index (χ1v) is 23.8. The molecular weight excluding hydrogens is 777 g/mol. The number of benzene rings is 10. The molecule has 12 aromatic rings. The Bertz CT molecular complexity index is 3500. The zero-order valence-corrected chi connectivity index (χ0v) is 35.6. The molecule has 0 saturated heterocycles. The van der Waals surface area contributed by atoms with E-state index in [9.17, 15) is 0 Å². The van der Waals surface area contributed by atoms with Gasteiger partial charge < -0.3 is 9.13 Å². The number of aromatic nitrogens is 2. The molecule has 0 atom stereocenters. The van der Waals surface area contributed by atoms with Crippen molar-refractivity contribution in [3.63, 3.8) is 0 Å². The Balaban J connectivity index is 1.25. The van der Waals surface area contributed by atoms with Gasteiger partial charge >= 0.3 is 0 Å². The lowest BCUT2D eigenvalue weighted by Crippen LogP contribution is -2.75. The number of rotatable bonds is 8. The highest BCUT2D eigenvalue weighted by Gasteiger charge is 2.43. The van der Waals surface area contributed by atoms with Crippen LogP contribution in [0.15, 0.2) is 255 Å². The summed E-state index contributed by atoms with van der Waals surface area (Å²) in [4.78, 5) is 0. The molecule has 0 aliphatic carbocycles. The highest BCUT2D eigenvalue weighted by atomic mass is 28.3. The Kier molecular flexibility index (Phi) is 8.87. The van der Waals surface area contributed by atoms with Crippen molar-refractivity contribution < 1.29 is 0 Å². The standard InChI is InChI=1S/C60H42N2Si/c1-6-22-43(23-7-1)45-40-41-52-57(42-45)61(53-35-18-16-32-49(53)44-24-8-2-9-25-44)55-37-21-38-56(59(52)55)62-54-36-19-17-33-50(54)51-34-20-39-58(60(51)62)63(46-26-10-3-11-27-46,47-28-12-4-13-29-47)48-30-14-5-15-31-48/h1-42H. The molecule has 2 aromatic heterocycles. The first-order valence-electron chi connectivity index (χ1n) is 21.8. The first-order chi connectivity index (χ1) is 31.3. The monoisotopic (exact) mass is 818 g/mol. The fraction of sp³-hybridized carbons (Fsp3) is 0. The predicted molar refractivity (Wildman–Crippen MR) is 270 cm³/mol. The van der Waals surface area contributed by atoms with Crippen LogP contribution >= 0.6 is 0 Å². The molecule has 296 valence electrons. The topological polar surface area (TPSA) is 9.86 Å². The molecule has 12 rings (SSSR count). The summed E-state index contributed by atoms with van der Waals surface area (Å²) in [6.07, 6.45) is 0. The third-order valence-corrected chi connectivity index (χ3v) is 17.9. The maximum atomic E-state index is 2.61. The maximum absolute atomic E-state index is 2.98. The van der Waals surface area contributed by atoms with E-state index in [1.54, 1.807) is 0 Å². The van der Waals surface area contributed by atoms with Crippen LogP contribution in [0.2, 0.25) is 0 Å². The molecule has 0 unspecified atom stereocenters. The van der Waals surface area contributed by atoms with Crippen molar-refractivity contribution in [3.8, 4) is 33.6 Å². The molecule has 0 aliphatic heterocycles. The van der Waals surface area contributed by atoms with E-state index in [4.69, 9.17) is 0 Å². The Morgan fingerprint density at radius 2 is 0.794 bits per heavy atom. The van der Waals surface area contributed by atoms with Crippen molar-refractivity contribution in [3.05, 3.63) is 255 Å². The third-order valence-electron chi connectivity index (χ3n) is 13.1. The van der Waals surface area contributed by atoms with Crippen LogP contribution in [-0.4, -0.2) is 17.2 Å². The smallest absolute Gasteiger partial charge is 0.181 e. The van der Waals surface area contributed by atoms with Gasteiger partial charge in [-0.1, -0.05) is 224 Å². The molecule has 0 aliphatic rings. The predicted octanol–water partition coefficient (Wildman–Crippen LogP) is 12.6. The molecule has 3 heteroatoms. The summed E-state index contributed by atoms with van der Waals surface area (Å²) in [5, 5.41) is 10.4. The van der Waals surface area contributed by atoms with Crippen LogP contribution < -0.4 is 20.7 Å². The molecule has 0 bridgehead atoms. The van der Waals surface area contributed by atoms with Crippen LogP contribution in [0.3, 0.4) is 0 Å². The second-order valence-corrected chi connectivity index (χ2v) is 20.2. The fourth-order valence-corrected chi connectivity index (χ4v) is 15.4. The van der Waals surface area contributed by atoms with Gasteiger partial charge in [-0.25, -0.2) is 0 Å². The summed E-state index contributed by atoms with van der Waals surface area (Å²) in [5.74, 6) is 0. The van der Waals surface area contributed by atoms with Gasteiger partial charge in [-0.05, 0) is 67.8 Å². The summed E-state index contributed by atoms with van der Waals surface area (Å²) in [6.45, 7) is 0. The van der Waals surface area contributed by atoms with Crippen LogP contribution in [0.4, 0.5) is 0 Å². The van der Waals surface area contributed by atoms with Gasteiger partial charge in [0.2, 0.25) is 0 Å². The number of fused-ring (bicyclic) bond motifs is 6. The average molecular weight is 819 g/mol. The first kappa shape index (κ1) is 36.8. The third kappa shape index (κ3) is 5.78. The highest BCUT2D eigenvalue weighted by Crippen LogP contribution is 2.42. The summed E-state index contributed by atoms with van der Waals surface area (Å²) in [7, 11) is -2.98. The van der Waals surface area contributed by atoms with E-state index in [1.165, 1.54) is 81.1 Å². The van der Waals surface area contributed by atoms with Crippen molar-refractivity contribution in [2.45, 2.75) is 0 Å². The largest absolute Gasteiger partial charge is 0.309 e. The minimum Gasteiger partial charge on any atom is -0.309 e. The van der Waals surface area contributed by atoms with Gasteiger partial charge in [0, 0.05) is 27.1 Å². The van der Waals surface area contributed by atoms with E-state index < -0.39 is 8.07 Å². The zero-order valence-electron chi connectivity index (χ0n) is 34.6. The van der Waals surface area contributed by atoms with Crippen molar-refractivity contribution >= 4 is 72.4 Å². The van der Waals surface area contributed by atoms with E-state index in [-0.39, 0.29) is 0 Å². The van der Waals surface area contributed by atoms with Crippen molar-refractivity contribution in [2.75, 3.05) is 0 Å². The Morgan fingerprint density at radius 1 is 0.286 bits per heavy atom. The fourth-order valence-electron chi connectivity index (χ4n) is 10.4. The second kappa shape index (κ2) is 15.2. The van der Waals surface area contributed by atoms with Gasteiger partial charge in [-0.2, -0.15) is 0 Å². The highest BCUT2D eigenvalue weighted by molar-refractivity contribution is 7.20. The quantitative estimate of drug-likeness (QED) is 0.107. The summed E-state index contributed by atoms with van der Waals surface area (Å²) >= 11 is 0. The molecule has 0 saturated carbocycles. The minimum atomic E-state index is -2.98. The molecule has 2 heterocycles. The number of hydrogen-bond acceptors (Lipinski definition) is 0. The average Bonchev–Trinajstić information content (AvgIpc) is 3.89. The minimum absolute atomic E-state index is 1.15. The number of hydrogen-bond donors (Lipinski definition) is 0. The summed E-state index contributed by atoms with van der Waals surface area (Å²) < 4.78 is 5.12. The lowest BCUT2D eigenvalue weighted by molar-refractivity contribution is 1.17. The lowest BCUT2D eigenvalue weighted by Gasteiger charge is -2.35.